The Balaban J connectivity index is 2.18. The number of hydrogen-bond donors (Lipinski definition) is 2. The third-order valence-electron chi connectivity index (χ3n) is 4.54. The molecule has 0 radical (unpaired) electrons. The minimum Gasteiger partial charge on any atom is -0.462 e. The number of ether oxygens (including phenoxy) is 1. The lowest BCUT2D eigenvalue weighted by atomic mass is 9.97. The van der Waals surface area contributed by atoms with E-state index in [0.29, 0.717) is 24.8 Å². The van der Waals surface area contributed by atoms with E-state index in [0.717, 1.165) is 17.6 Å². The van der Waals surface area contributed by atoms with Gasteiger partial charge in [-0.1, -0.05) is 6.92 Å². The number of thiophene rings is 1. The van der Waals surface area contributed by atoms with E-state index < -0.39 is 27.8 Å². The molecule has 2 amide bonds. The van der Waals surface area contributed by atoms with Gasteiger partial charge in [-0.25, -0.2) is 17.5 Å². The molecule has 28 heavy (non-hydrogen) atoms. The van der Waals surface area contributed by atoms with Gasteiger partial charge in [0.1, 0.15) is 5.00 Å². The van der Waals surface area contributed by atoms with Gasteiger partial charge in [-0.15, -0.1) is 11.3 Å². The molecule has 0 bridgehead atoms. The fourth-order valence-electron chi connectivity index (χ4n) is 3.01. The summed E-state index contributed by atoms with van der Waals surface area (Å²) >= 11 is 0.940. The van der Waals surface area contributed by atoms with Gasteiger partial charge in [-0.05, 0) is 31.7 Å². The van der Waals surface area contributed by atoms with Gasteiger partial charge in [-0.2, -0.15) is 0 Å². The summed E-state index contributed by atoms with van der Waals surface area (Å²) in [6.45, 7) is 4.18. The number of nitrogens with one attached hydrogen (secondary N) is 1. The molecular formula is C17H25N3O6S2. The first-order valence-electron chi connectivity index (χ1n) is 8.92. The third-order valence-corrected chi connectivity index (χ3v) is 7.07. The van der Waals surface area contributed by atoms with Crippen molar-refractivity contribution in [3.05, 3.63) is 16.0 Å². The van der Waals surface area contributed by atoms with E-state index in [9.17, 15) is 22.8 Å². The Morgan fingerprint density at radius 3 is 2.39 bits per heavy atom. The number of nitrogens with zero attached hydrogens (tertiary/aromatic N) is 1. The summed E-state index contributed by atoms with van der Waals surface area (Å²) in [7, 11) is -3.28. The van der Waals surface area contributed by atoms with E-state index in [1.54, 1.807) is 6.92 Å². The maximum absolute atomic E-state index is 12.7. The van der Waals surface area contributed by atoms with Crippen molar-refractivity contribution in [2.45, 2.75) is 33.1 Å². The van der Waals surface area contributed by atoms with Crippen molar-refractivity contribution >= 4 is 44.1 Å². The van der Waals surface area contributed by atoms with Crippen LogP contribution >= 0.6 is 11.3 Å². The zero-order valence-corrected chi connectivity index (χ0v) is 17.7. The second kappa shape index (κ2) is 9.01. The van der Waals surface area contributed by atoms with Gasteiger partial charge in [0.25, 0.3) is 5.91 Å². The number of hydrogen-bond acceptors (Lipinski definition) is 7. The van der Waals surface area contributed by atoms with Gasteiger partial charge in [0.05, 0.1) is 23.3 Å². The summed E-state index contributed by atoms with van der Waals surface area (Å²) in [5.74, 6) is -2.02. The maximum atomic E-state index is 12.7. The van der Waals surface area contributed by atoms with Crippen molar-refractivity contribution in [3.8, 4) is 0 Å². The lowest BCUT2D eigenvalue weighted by Gasteiger charge is -2.29. The van der Waals surface area contributed by atoms with E-state index in [2.05, 4.69) is 5.32 Å². The summed E-state index contributed by atoms with van der Waals surface area (Å²) in [6.07, 6.45) is 2.53. The molecule has 0 saturated carbocycles. The topological polar surface area (TPSA) is 136 Å². The Labute approximate surface area is 168 Å². The molecule has 2 heterocycles. The highest BCUT2D eigenvalue weighted by Crippen LogP contribution is 2.34. The first-order valence-corrected chi connectivity index (χ1v) is 11.6. The first-order chi connectivity index (χ1) is 13.1. The molecule has 11 heteroatoms. The third kappa shape index (κ3) is 5.09. The number of carbonyl (C=O) groups is 3. The number of sulfonamides is 1. The van der Waals surface area contributed by atoms with Crippen LogP contribution in [0.4, 0.5) is 5.00 Å². The highest BCUT2D eigenvalue weighted by Gasteiger charge is 2.31. The van der Waals surface area contributed by atoms with E-state index in [-0.39, 0.29) is 41.0 Å². The number of anilines is 1. The van der Waals surface area contributed by atoms with Crippen LogP contribution in [0.25, 0.3) is 0 Å². The Bertz CT molecular complexity index is 870. The van der Waals surface area contributed by atoms with Crippen LogP contribution in [0.2, 0.25) is 0 Å². The Morgan fingerprint density at radius 1 is 1.29 bits per heavy atom. The molecule has 2 rings (SSSR count). The zero-order valence-electron chi connectivity index (χ0n) is 16.1. The lowest BCUT2D eigenvalue weighted by molar-refractivity contribution is -0.120. The molecule has 0 aromatic carbocycles. The van der Waals surface area contributed by atoms with Crippen LogP contribution in [0.3, 0.4) is 0 Å². The molecule has 0 aliphatic carbocycles. The summed E-state index contributed by atoms with van der Waals surface area (Å²) in [5.41, 5.74) is 5.88. The molecule has 1 aliphatic rings. The highest BCUT2D eigenvalue weighted by atomic mass is 32.2. The van der Waals surface area contributed by atoms with Crippen molar-refractivity contribution in [1.29, 1.82) is 0 Å². The van der Waals surface area contributed by atoms with Crippen molar-refractivity contribution in [1.82, 2.24) is 4.31 Å². The molecule has 1 aromatic rings. The van der Waals surface area contributed by atoms with E-state index >= 15 is 0 Å². The Kier molecular flexibility index (Phi) is 7.18. The SMILES string of the molecule is CCCOC(=O)c1c(NC(=O)C2CCN(S(C)(=O)=O)CC2)sc(C(N)=O)c1C. The highest BCUT2D eigenvalue weighted by molar-refractivity contribution is 7.88. The van der Waals surface area contributed by atoms with E-state index in [1.807, 2.05) is 6.92 Å². The van der Waals surface area contributed by atoms with Crippen LogP contribution in [0.1, 0.15) is 51.8 Å². The standard InChI is InChI=1S/C17H25N3O6S2/c1-4-9-26-17(23)12-10(2)13(14(18)21)27-16(12)19-15(22)11-5-7-20(8-6-11)28(3,24)25/h11H,4-9H2,1-3H3,(H2,18,21)(H,19,22). The summed E-state index contributed by atoms with van der Waals surface area (Å²) < 4.78 is 29.7. The van der Waals surface area contributed by atoms with E-state index in [4.69, 9.17) is 10.5 Å². The summed E-state index contributed by atoms with van der Waals surface area (Å²) in [6, 6.07) is 0. The number of piperidine rings is 1. The Hall–Kier alpha value is -1.98. The molecule has 156 valence electrons. The van der Waals surface area contributed by atoms with Crippen LogP contribution in [0.5, 0.6) is 0 Å². The summed E-state index contributed by atoms with van der Waals surface area (Å²) in [5, 5.41) is 2.94. The monoisotopic (exact) mass is 431 g/mol. The van der Waals surface area contributed by atoms with Gasteiger partial charge in [-0.3, -0.25) is 9.59 Å². The van der Waals surface area contributed by atoms with Crippen LogP contribution in [-0.2, 0) is 19.6 Å². The number of carbonyl (C=O) groups excluding carboxylic acids is 3. The second-order valence-corrected chi connectivity index (χ2v) is 9.69. The van der Waals surface area contributed by atoms with Crippen LogP contribution in [0.15, 0.2) is 0 Å². The normalized spacial score (nSPS) is 16.0. The number of amides is 2. The molecule has 9 nitrogen and oxygen atoms in total. The van der Waals surface area contributed by atoms with Gasteiger partial charge >= 0.3 is 5.97 Å². The molecular weight excluding hydrogens is 406 g/mol. The van der Waals surface area contributed by atoms with E-state index in [1.165, 1.54) is 4.31 Å². The summed E-state index contributed by atoms with van der Waals surface area (Å²) in [4.78, 5) is 36.9. The number of nitrogens with two attached hydrogens (primary N) is 1. The van der Waals surface area contributed by atoms with Crippen LogP contribution in [-0.4, -0.2) is 56.5 Å². The Morgan fingerprint density at radius 2 is 1.89 bits per heavy atom. The number of rotatable bonds is 7. The average Bonchev–Trinajstić information content (AvgIpc) is 2.95. The quantitative estimate of drug-likeness (QED) is 0.625. The first kappa shape index (κ1) is 22.3. The smallest absolute Gasteiger partial charge is 0.341 e. The predicted octanol–water partition coefficient (Wildman–Crippen LogP) is 1.33. The lowest BCUT2D eigenvalue weighted by Crippen LogP contribution is -2.40. The van der Waals surface area contributed by atoms with Gasteiger partial charge in [0.15, 0.2) is 0 Å². The van der Waals surface area contributed by atoms with Crippen LogP contribution in [0, 0.1) is 12.8 Å². The van der Waals surface area contributed by atoms with Crippen molar-refractivity contribution in [2.24, 2.45) is 11.7 Å². The second-order valence-electron chi connectivity index (χ2n) is 6.69. The van der Waals surface area contributed by atoms with Gasteiger partial charge in [0, 0.05) is 19.0 Å². The molecule has 1 aliphatic heterocycles. The van der Waals surface area contributed by atoms with Crippen molar-refractivity contribution in [3.63, 3.8) is 0 Å². The van der Waals surface area contributed by atoms with Gasteiger partial charge < -0.3 is 15.8 Å². The fraction of sp³-hybridized carbons (Fsp3) is 0.588. The molecule has 1 saturated heterocycles. The molecule has 0 spiro atoms. The molecule has 3 N–H and O–H groups in total. The number of esters is 1. The zero-order chi connectivity index (χ0) is 21.1. The van der Waals surface area contributed by atoms with Crippen molar-refractivity contribution < 1.29 is 27.5 Å². The average molecular weight is 432 g/mol. The predicted molar refractivity (Wildman–Crippen MR) is 106 cm³/mol. The van der Waals surface area contributed by atoms with Crippen LogP contribution < -0.4 is 11.1 Å². The molecule has 0 unspecified atom stereocenters. The van der Waals surface area contributed by atoms with Crippen molar-refractivity contribution in [2.75, 3.05) is 31.3 Å². The largest absolute Gasteiger partial charge is 0.462 e. The minimum absolute atomic E-state index is 0.133. The molecule has 0 atom stereocenters. The minimum atomic E-state index is -3.28. The van der Waals surface area contributed by atoms with Gasteiger partial charge in [0.2, 0.25) is 15.9 Å². The maximum Gasteiger partial charge on any atom is 0.341 e. The number of primary amides is 1. The molecule has 1 aromatic heterocycles. The fourth-order valence-corrected chi connectivity index (χ4v) is 4.94. The molecule has 1 fully saturated rings.